The molecule has 0 aromatic heterocycles. The third-order valence-electron chi connectivity index (χ3n) is 5.51. The monoisotopic (exact) mass is 459 g/mol. The number of nitrogens with one attached hydrogen (secondary N) is 2. The van der Waals surface area contributed by atoms with Gasteiger partial charge in [0.05, 0.1) is 18.8 Å². The second-order valence-electron chi connectivity index (χ2n) is 7.89. The first kappa shape index (κ1) is 24.8. The van der Waals surface area contributed by atoms with Crippen LogP contribution in [0, 0.1) is 0 Å². The fourth-order valence-electron chi connectivity index (χ4n) is 3.60. The van der Waals surface area contributed by atoms with Crippen molar-refractivity contribution in [2.75, 3.05) is 36.9 Å². The van der Waals surface area contributed by atoms with Crippen LogP contribution in [-0.2, 0) is 11.2 Å². The minimum absolute atomic E-state index is 0.00895. The van der Waals surface area contributed by atoms with Crippen LogP contribution in [0.1, 0.15) is 36.2 Å². The molecule has 0 aliphatic rings. The number of benzene rings is 3. The van der Waals surface area contributed by atoms with Gasteiger partial charge in [0.25, 0.3) is 5.91 Å². The fraction of sp³-hybridized carbons (Fsp3) is 0.286. The van der Waals surface area contributed by atoms with E-state index >= 15 is 0 Å². The Hall–Kier alpha value is -3.80. The molecule has 0 aliphatic carbocycles. The number of hydrogen-bond donors (Lipinski definition) is 2. The molecule has 6 nitrogen and oxygen atoms in total. The molecule has 0 fully saturated rings. The standard InChI is InChI=1S/C28H33N3O3/c1-3-31(4-2)28(33)23-16-18-24(19-17-23)29-21-27(32)30-25-14-8-9-15-26(25)34-20-10-13-22-11-6-5-7-12-22/h5-9,11-12,14-19,29H,3-4,10,13,20-21H2,1-2H3,(H,30,32). The molecule has 2 N–H and O–H groups in total. The van der Waals surface area contributed by atoms with E-state index in [0.717, 1.165) is 18.5 Å². The van der Waals surface area contributed by atoms with Crippen LogP contribution >= 0.6 is 0 Å². The first-order valence-corrected chi connectivity index (χ1v) is 11.8. The summed E-state index contributed by atoms with van der Waals surface area (Å²) in [5.41, 5.74) is 3.34. The molecule has 0 aliphatic heterocycles. The highest BCUT2D eigenvalue weighted by atomic mass is 16.5. The normalized spacial score (nSPS) is 10.4. The molecule has 0 atom stereocenters. The summed E-state index contributed by atoms with van der Waals surface area (Å²) in [5, 5.41) is 6.01. The third-order valence-corrected chi connectivity index (χ3v) is 5.51. The fourth-order valence-corrected chi connectivity index (χ4v) is 3.60. The predicted octanol–water partition coefficient (Wildman–Crippen LogP) is 5.23. The topological polar surface area (TPSA) is 70.7 Å². The number of aryl methyl sites for hydroxylation is 1. The molecule has 0 spiro atoms. The molecule has 3 aromatic carbocycles. The van der Waals surface area contributed by atoms with E-state index < -0.39 is 0 Å². The Morgan fingerprint density at radius 3 is 2.24 bits per heavy atom. The summed E-state index contributed by atoms with van der Waals surface area (Å²) in [7, 11) is 0. The molecule has 0 unspecified atom stereocenters. The maximum atomic E-state index is 12.5. The predicted molar refractivity (Wildman–Crippen MR) is 138 cm³/mol. The van der Waals surface area contributed by atoms with E-state index in [-0.39, 0.29) is 18.4 Å². The summed E-state index contributed by atoms with van der Waals surface area (Å²) in [6.07, 6.45) is 1.83. The molecular formula is C28H33N3O3. The van der Waals surface area contributed by atoms with Crippen LogP contribution < -0.4 is 15.4 Å². The van der Waals surface area contributed by atoms with Crippen molar-refractivity contribution in [3.05, 3.63) is 90.0 Å². The van der Waals surface area contributed by atoms with E-state index in [1.807, 2.05) is 68.4 Å². The zero-order valence-electron chi connectivity index (χ0n) is 19.9. The summed E-state index contributed by atoms with van der Waals surface area (Å²) in [4.78, 5) is 26.7. The highest BCUT2D eigenvalue weighted by Gasteiger charge is 2.12. The average molecular weight is 460 g/mol. The van der Waals surface area contributed by atoms with Crippen molar-refractivity contribution < 1.29 is 14.3 Å². The van der Waals surface area contributed by atoms with Crippen LogP contribution in [0.2, 0.25) is 0 Å². The Morgan fingerprint density at radius 2 is 1.53 bits per heavy atom. The number of nitrogens with zero attached hydrogens (tertiary/aromatic N) is 1. The number of hydrogen-bond acceptors (Lipinski definition) is 4. The molecule has 2 amide bonds. The molecular weight excluding hydrogens is 426 g/mol. The number of amides is 2. The van der Waals surface area contributed by atoms with Gasteiger partial charge in [0.1, 0.15) is 5.75 Å². The van der Waals surface area contributed by atoms with Crippen LogP contribution in [0.25, 0.3) is 0 Å². The van der Waals surface area contributed by atoms with Gasteiger partial charge in [-0.3, -0.25) is 9.59 Å². The zero-order chi connectivity index (χ0) is 24.2. The summed E-state index contributed by atoms with van der Waals surface area (Å²) in [5.74, 6) is 0.487. The minimum atomic E-state index is -0.177. The van der Waals surface area contributed by atoms with Gasteiger partial charge in [0.15, 0.2) is 0 Å². The van der Waals surface area contributed by atoms with Gasteiger partial charge in [-0.2, -0.15) is 0 Å². The van der Waals surface area contributed by atoms with Gasteiger partial charge in [0, 0.05) is 24.3 Å². The van der Waals surface area contributed by atoms with Gasteiger partial charge in [-0.1, -0.05) is 42.5 Å². The lowest BCUT2D eigenvalue weighted by molar-refractivity contribution is -0.114. The SMILES string of the molecule is CCN(CC)C(=O)c1ccc(NCC(=O)Nc2ccccc2OCCCc2ccccc2)cc1. The average Bonchev–Trinajstić information content (AvgIpc) is 2.88. The lowest BCUT2D eigenvalue weighted by atomic mass is 10.1. The van der Waals surface area contributed by atoms with Crippen LogP contribution in [0.4, 0.5) is 11.4 Å². The van der Waals surface area contributed by atoms with Gasteiger partial charge in [0.2, 0.25) is 5.91 Å². The molecule has 34 heavy (non-hydrogen) atoms. The van der Waals surface area contributed by atoms with Crippen molar-refractivity contribution in [3.8, 4) is 5.75 Å². The molecule has 0 radical (unpaired) electrons. The van der Waals surface area contributed by atoms with Crippen molar-refractivity contribution in [1.29, 1.82) is 0 Å². The van der Waals surface area contributed by atoms with E-state index in [1.54, 1.807) is 17.0 Å². The third kappa shape index (κ3) is 7.37. The highest BCUT2D eigenvalue weighted by molar-refractivity contribution is 5.96. The van der Waals surface area contributed by atoms with E-state index in [9.17, 15) is 9.59 Å². The Balaban J connectivity index is 1.47. The largest absolute Gasteiger partial charge is 0.491 e. The number of rotatable bonds is 12. The first-order chi connectivity index (χ1) is 16.6. The van der Waals surface area contributed by atoms with Crippen molar-refractivity contribution in [3.63, 3.8) is 0 Å². The Kier molecular flexibility index (Phi) is 9.52. The van der Waals surface area contributed by atoms with Crippen molar-refractivity contribution in [2.24, 2.45) is 0 Å². The van der Waals surface area contributed by atoms with Crippen LogP contribution in [0.15, 0.2) is 78.9 Å². The Labute approximate surface area is 201 Å². The summed E-state index contributed by atoms with van der Waals surface area (Å²) < 4.78 is 5.92. The number of para-hydroxylation sites is 2. The lowest BCUT2D eigenvalue weighted by Gasteiger charge is -2.18. The number of ether oxygens (including phenoxy) is 1. The maximum Gasteiger partial charge on any atom is 0.253 e. The summed E-state index contributed by atoms with van der Waals surface area (Å²) in [6.45, 7) is 5.94. The van der Waals surface area contributed by atoms with E-state index in [0.29, 0.717) is 36.7 Å². The Morgan fingerprint density at radius 1 is 0.853 bits per heavy atom. The summed E-state index contributed by atoms with van der Waals surface area (Å²) in [6, 6.07) is 24.9. The molecule has 3 rings (SSSR count). The summed E-state index contributed by atoms with van der Waals surface area (Å²) >= 11 is 0. The molecule has 0 saturated heterocycles. The van der Waals surface area contributed by atoms with Gasteiger partial charge in [-0.05, 0) is 68.7 Å². The smallest absolute Gasteiger partial charge is 0.253 e. The zero-order valence-corrected chi connectivity index (χ0v) is 19.9. The molecule has 0 bridgehead atoms. The molecule has 3 aromatic rings. The van der Waals surface area contributed by atoms with Crippen LogP contribution in [0.3, 0.4) is 0 Å². The van der Waals surface area contributed by atoms with Gasteiger partial charge in [-0.25, -0.2) is 0 Å². The van der Waals surface area contributed by atoms with E-state index in [4.69, 9.17) is 4.74 Å². The second kappa shape index (κ2) is 13.0. The number of anilines is 2. The van der Waals surface area contributed by atoms with Gasteiger partial charge >= 0.3 is 0 Å². The van der Waals surface area contributed by atoms with Crippen LogP contribution in [-0.4, -0.2) is 43.0 Å². The van der Waals surface area contributed by atoms with Crippen molar-refractivity contribution >= 4 is 23.2 Å². The van der Waals surface area contributed by atoms with E-state index in [1.165, 1.54) is 5.56 Å². The van der Waals surface area contributed by atoms with Crippen molar-refractivity contribution in [2.45, 2.75) is 26.7 Å². The molecule has 0 saturated carbocycles. The maximum absolute atomic E-state index is 12.5. The Bertz CT molecular complexity index is 1050. The lowest BCUT2D eigenvalue weighted by Crippen LogP contribution is -2.30. The van der Waals surface area contributed by atoms with Gasteiger partial charge in [-0.15, -0.1) is 0 Å². The van der Waals surface area contributed by atoms with Gasteiger partial charge < -0.3 is 20.3 Å². The quantitative estimate of drug-likeness (QED) is 0.364. The number of carbonyl (C=O) groups is 2. The van der Waals surface area contributed by atoms with Crippen LogP contribution in [0.5, 0.6) is 5.75 Å². The second-order valence-corrected chi connectivity index (χ2v) is 7.89. The first-order valence-electron chi connectivity index (χ1n) is 11.8. The molecule has 0 heterocycles. The molecule has 178 valence electrons. The van der Waals surface area contributed by atoms with Crippen molar-refractivity contribution in [1.82, 2.24) is 4.90 Å². The minimum Gasteiger partial charge on any atom is -0.491 e. The van der Waals surface area contributed by atoms with E-state index in [2.05, 4.69) is 22.8 Å². The molecule has 6 heteroatoms. The number of carbonyl (C=O) groups excluding carboxylic acids is 2. The highest BCUT2D eigenvalue weighted by Crippen LogP contribution is 2.24.